The zero-order valence-corrected chi connectivity index (χ0v) is 5.59. The van der Waals surface area contributed by atoms with Gasteiger partial charge in [-0.15, -0.1) is 12.4 Å². The van der Waals surface area contributed by atoms with E-state index in [0.29, 0.717) is 0 Å². The molecule has 1 rings (SSSR count). The average Bonchev–Trinajstić information content (AvgIpc) is 1.33. The molecule has 2 heteroatoms. The lowest BCUT2D eigenvalue weighted by Gasteiger charge is -2.31. The van der Waals surface area contributed by atoms with Crippen LogP contribution in [0.25, 0.3) is 0 Å². The van der Waals surface area contributed by atoms with Crippen molar-refractivity contribution in [2.75, 3.05) is 0 Å². The maximum atomic E-state index is 3.31. The smallest absolute Gasteiger partial charge is 0.00559 e. The van der Waals surface area contributed by atoms with Gasteiger partial charge in [0.05, 0.1) is 0 Å². The Hall–Kier alpha value is 0.250. The summed E-state index contributed by atoms with van der Waals surface area (Å²) in [5, 5.41) is 3.31. The molecule has 0 aromatic rings. The predicted molar refractivity (Wildman–Crippen MR) is 33.9 cm³/mol. The molecule has 1 saturated heterocycles. The fourth-order valence-electron chi connectivity index (χ4n) is 0.992. The second kappa shape index (κ2) is 2.53. The topological polar surface area (TPSA) is 12.0 Å². The van der Waals surface area contributed by atoms with Crippen molar-refractivity contribution in [2.45, 2.75) is 32.4 Å². The van der Waals surface area contributed by atoms with E-state index < -0.39 is 0 Å². The van der Waals surface area contributed by atoms with Crippen LogP contribution in [-0.4, -0.2) is 12.1 Å². The molecule has 2 atom stereocenters. The maximum Gasteiger partial charge on any atom is 0.00559 e. The van der Waals surface area contributed by atoms with E-state index in [-0.39, 0.29) is 12.4 Å². The molecular formula is C5H12ClN. The van der Waals surface area contributed by atoms with Crippen LogP contribution in [0.1, 0.15) is 20.3 Å². The van der Waals surface area contributed by atoms with E-state index in [9.17, 15) is 0 Å². The van der Waals surface area contributed by atoms with Crippen LogP contribution in [0.15, 0.2) is 0 Å². The summed E-state index contributed by atoms with van der Waals surface area (Å²) in [4.78, 5) is 0. The van der Waals surface area contributed by atoms with Gasteiger partial charge >= 0.3 is 0 Å². The Labute approximate surface area is 50.9 Å². The fourth-order valence-corrected chi connectivity index (χ4v) is 0.992. The highest BCUT2D eigenvalue weighted by molar-refractivity contribution is 5.85. The van der Waals surface area contributed by atoms with Crippen molar-refractivity contribution in [1.82, 2.24) is 5.32 Å². The first-order valence-corrected chi connectivity index (χ1v) is 2.55. The van der Waals surface area contributed by atoms with Crippen molar-refractivity contribution < 1.29 is 0 Å². The molecule has 0 unspecified atom stereocenters. The van der Waals surface area contributed by atoms with Crippen LogP contribution in [0.4, 0.5) is 0 Å². The third kappa shape index (κ3) is 1.66. The molecule has 44 valence electrons. The second-order valence-electron chi connectivity index (χ2n) is 2.20. The first-order chi connectivity index (χ1) is 2.79. The zero-order valence-electron chi connectivity index (χ0n) is 4.77. The van der Waals surface area contributed by atoms with Crippen LogP contribution in [0.5, 0.6) is 0 Å². The van der Waals surface area contributed by atoms with Gasteiger partial charge in [-0.1, -0.05) is 0 Å². The molecule has 0 bridgehead atoms. The van der Waals surface area contributed by atoms with Gasteiger partial charge in [0.2, 0.25) is 0 Å². The van der Waals surface area contributed by atoms with Gasteiger partial charge in [0.1, 0.15) is 0 Å². The summed E-state index contributed by atoms with van der Waals surface area (Å²) in [5.41, 5.74) is 0. The number of rotatable bonds is 0. The number of nitrogens with one attached hydrogen (secondary N) is 1. The van der Waals surface area contributed by atoms with Gasteiger partial charge in [0.25, 0.3) is 0 Å². The molecule has 1 nitrogen and oxygen atoms in total. The lowest BCUT2D eigenvalue weighted by Crippen LogP contribution is -2.48. The van der Waals surface area contributed by atoms with E-state index in [1.165, 1.54) is 6.42 Å². The average molecular weight is 122 g/mol. The van der Waals surface area contributed by atoms with Crippen molar-refractivity contribution in [1.29, 1.82) is 0 Å². The van der Waals surface area contributed by atoms with Crippen molar-refractivity contribution in [3.05, 3.63) is 0 Å². The molecule has 1 fully saturated rings. The molecule has 1 aliphatic heterocycles. The fraction of sp³-hybridized carbons (Fsp3) is 1.00. The van der Waals surface area contributed by atoms with Crippen molar-refractivity contribution >= 4 is 12.4 Å². The van der Waals surface area contributed by atoms with Crippen LogP contribution in [0.3, 0.4) is 0 Å². The molecule has 0 saturated carbocycles. The quantitative estimate of drug-likeness (QED) is 0.508. The molecule has 1 heterocycles. The number of halogens is 1. The molecule has 1 N–H and O–H groups in total. The van der Waals surface area contributed by atoms with Gasteiger partial charge < -0.3 is 5.32 Å². The molecule has 0 amide bonds. The molecule has 0 aliphatic carbocycles. The third-order valence-corrected chi connectivity index (χ3v) is 1.28. The SMILES string of the molecule is C[C@@H]1C[C@H](C)N1.Cl. The summed E-state index contributed by atoms with van der Waals surface area (Å²) in [6.45, 7) is 4.42. The summed E-state index contributed by atoms with van der Waals surface area (Å²) in [5.74, 6) is 0. The zero-order chi connectivity index (χ0) is 4.57. The monoisotopic (exact) mass is 121 g/mol. The standard InChI is InChI=1S/C5H11N.ClH/c1-4-3-5(2)6-4;/h4-6H,3H2,1-2H3;1H/t4-,5+;. The van der Waals surface area contributed by atoms with Crippen molar-refractivity contribution in [3.63, 3.8) is 0 Å². The Morgan fingerprint density at radius 1 is 1.29 bits per heavy atom. The van der Waals surface area contributed by atoms with Gasteiger partial charge in [-0.2, -0.15) is 0 Å². The van der Waals surface area contributed by atoms with Crippen LogP contribution >= 0.6 is 12.4 Å². The maximum absolute atomic E-state index is 3.31. The van der Waals surface area contributed by atoms with E-state index in [2.05, 4.69) is 19.2 Å². The predicted octanol–water partition coefficient (Wildman–Crippen LogP) is 1.18. The molecule has 0 spiro atoms. The molecule has 0 radical (unpaired) electrons. The summed E-state index contributed by atoms with van der Waals surface area (Å²) in [6.07, 6.45) is 1.36. The highest BCUT2D eigenvalue weighted by Crippen LogP contribution is 2.07. The first kappa shape index (κ1) is 7.25. The minimum absolute atomic E-state index is 0. The molecule has 0 aromatic carbocycles. The van der Waals surface area contributed by atoms with Crippen LogP contribution in [-0.2, 0) is 0 Å². The Morgan fingerprint density at radius 2 is 1.57 bits per heavy atom. The number of hydrogen-bond acceptors (Lipinski definition) is 1. The van der Waals surface area contributed by atoms with Crippen LogP contribution < -0.4 is 5.32 Å². The Bertz CT molecular complexity index is 44.0. The first-order valence-electron chi connectivity index (χ1n) is 2.55. The lowest BCUT2D eigenvalue weighted by molar-refractivity contribution is 0.302. The van der Waals surface area contributed by atoms with E-state index in [4.69, 9.17) is 0 Å². The van der Waals surface area contributed by atoms with Gasteiger partial charge in [0.15, 0.2) is 0 Å². The molecule has 0 aromatic heterocycles. The second-order valence-corrected chi connectivity index (χ2v) is 2.20. The number of hydrogen-bond donors (Lipinski definition) is 1. The minimum Gasteiger partial charge on any atom is -0.312 e. The lowest BCUT2D eigenvalue weighted by atomic mass is 10.0. The Kier molecular flexibility index (Phi) is 2.62. The summed E-state index contributed by atoms with van der Waals surface area (Å²) in [7, 11) is 0. The van der Waals surface area contributed by atoms with Gasteiger partial charge in [-0.3, -0.25) is 0 Å². The van der Waals surface area contributed by atoms with Crippen molar-refractivity contribution in [3.8, 4) is 0 Å². The Morgan fingerprint density at radius 3 is 1.57 bits per heavy atom. The van der Waals surface area contributed by atoms with E-state index >= 15 is 0 Å². The normalized spacial score (nSPS) is 38.6. The van der Waals surface area contributed by atoms with Gasteiger partial charge in [-0.05, 0) is 20.3 Å². The highest BCUT2D eigenvalue weighted by atomic mass is 35.5. The minimum atomic E-state index is 0. The highest BCUT2D eigenvalue weighted by Gasteiger charge is 2.17. The summed E-state index contributed by atoms with van der Waals surface area (Å²) >= 11 is 0. The molecule has 7 heavy (non-hydrogen) atoms. The molecule has 1 aliphatic rings. The van der Waals surface area contributed by atoms with Gasteiger partial charge in [0, 0.05) is 12.1 Å². The third-order valence-electron chi connectivity index (χ3n) is 1.28. The summed E-state index contributed by atoms with van der Waals surface area (Å²) < 4.78 is 0. The largest absolute Gasteiger partial charge is 0.312 e. The van der Waals surface area contributed by atoms with Crippen LogP contribution in [0, 0.1) is 0 Å². The van der Waals surface area contributed by atoms with E-state index in [1.807, 2.05) is 0 Å². The molecular weight excluding hydrogens is 110 g/mol. The van der Waals surface area contributed by atoms with Crippen LogP contribution in [0.2, 0.25) is 0 Å². The Balaban J connectivity index is 0.000000360. The van der Waals surface area contributed by atoms with Gasteiger partial charge in [-0.25, -0.2) is 0 Å². The summed E-state index contributed by atoms with van der Waals surface area (Å²) in [6, 6.07) is 1.58. The van der Waals surface area contributed by atoms with Crippen molar-refractivity contribution in [2.24, 2.45) is 0 Å². The van der Waals surface area contributed by atoms with E-state index in [0.717, 1.165) is 12.1 Å². The van der Waals surface area contributed by atoms with E-state index in [1.54, 1.807) is 0 Å².